The van der Waals surface area contributed by atoms with E-state index in [1.165, 1.54) is 30.3 Å². The molecule has 0 saturated carbocycles. The van der Waals surface area contributed by atoms with Crippen LogP contribution in [0.25, 0.3) is 0 Å². The number of aryl methyl sites for hydroxylation is 1. The van der Waals surface area contributed by atoms with Crippen molar-refractivity contribution in [3.8, 4) is 0 Å². The van der Waals surface area contributed by atoms with Crippen LogP contribution in [-0.4, -0.2) is 22.0 Å². The van der Waals surface area contributed by atoms with E-state index < -0.39 is 15.8 Å². The van der Waals surface area contributed by atoms with Crippen LogP contribution >= 0.6 is 0 Å². The highest BCUT2D eigenvalue weighted by Gasteiger charge is 2.15. The summed E-state index contributed by atoms with van der Waals surface area (Å²) in [6, 6.07) is 9.93. The second-order valence-corrected chi connectivity index (χ2v) is 4.77. The Kier molecular flexibility index (Phi) is 4.95. The summed E-state index contributed by atoms with van der Waals surface area (Å²) in [4.78, 5) is 32.6. The average Bonchev–Trinajstić information content (AvgIpc) is 2.55. The average molecular weight is 328 g/mol. The Morgan fingerprint density at radius 1 is 1.08 bits per heavy atom. The lowest BCUT2D eigenvalue weighted by molar-refractivity contribution is -0.385. The third kappa shape index (κ3) is 3.77. The number of nitro benzene ring substituents is 2. The van der Waals surface area contributed by atoms with E-state index in [-0.39, 0.29) is 22.5 Å². The van der Waals surface area contributed by atoms with Crippen LogP contribution in [0.15, 0.2) is 47.6 Å². The highest BCUT2D eigenvalue weighted by Crippen LogP contribution is 2.19. The number of hydrazone groups is 1. The Bertz CT molecular complexity index is 848. The van der Waals surface area contributed by atoms with E-state index >= 15 is 0 Å². The van der Waals surface area contributed by atoms with Gasteiger partial charge >= 0.3 is 0 Å². The molecule has 0 atom stereocenters. The van der Waals surface area contributed by atoms with Crippen LogP contribution in [0.2, 0.25) is 0 Å². The Morgan fingerprint density at radius 2 is 1.75 bits per heavy atom. The molecule has 2 rings (SSSR count). The van der Waals surface area contributed by atoms with Gasteiger partial charge < -0.3 is 0 Å². The first kappa shape index (κ1) is 16.7. The Morgan fingerprint density at radius 3 is 2.42 bits per heavy atom. The van der Waals surface area contributed by atoms with Gasteiger partial charge in [-0.2, -0.15) is 5.10 Å². The SMILES string of the molecule is Cc1ccc(C(=O)N/N=C/c2ccccc2[N+](=O)[O-])cc1[N+](=O)[O-]. The van der Waals surface area contributed by atoms with Gasteiger partial charge in [-0.15, -0.1) is 0 Å². The number of nitro groups is 2. The molecule has 0 fully saturated rings. The number of benzene rings is 2. The molecule has 1 amide bonds. The fourth-order valence-electron chi connectivity index (χ4n) is 1.94. The van der Waals surface area contributed by atoms with Gasteiger partial charge in [0.15, 0.2) is 0 Å². The second kappa shape index (κ2) is 7.09. The summed E-state index contributed by atoms with van der Waals surface area (Å²) in [6.07, 6.45) is 1.14. The van der Waals surface area contributed by atoms with E-state index in [0.29, 0.717) is 5.56 Å². The molecule has 1 N–H and O–H groups in total. The molecule has 9 heteroatoms. The fourth-order valence-corrected chi connectivity index (χ4v) is 1.94. The zero-order valence-corrected chi connectivity index (χ0v) is 12.5. The molecule has 0 heterocycles. The number of hydrogen-bond acceptors (Lipinski definition) is 6. The van der Waals surface area contributed by atoms with Gasteiger partial charge in [0.25, 0.3) is 17.3 Å². The van der Waals surface area contributed by atoms with Crippen molar-refractivity contribution in [3.05, 3.63) is 79.4 Å². The van der Waals surface area contributed by atoms with E-state index in [0.717, 1.165) is 12.3 Å². The van der Waals surface area contributed by atoms with Crippen molar-refractivity contribution in [3.63, 3.8) is 0 Å². The maximum atomic E-state index is 12.0. The second-order valence-electron chi connectivity index (χ2n) is 4.77. The van der Waals surface area contributed by atoms with Crippen molar-refractivity contribution in [1.29, 1.82) is 0 Å². The maximum absolute atomic E-state index is 12.0. The quantitative estimate of drug-likeness (QED) is 0.512. The lowest BCUT2D eigenvalue weighted by Gasteiger charge is -2.02. The number of nitrogens with zero attached hydrogens (tertiary/aromatic N) is 3. The van der Waals surface area contributed by atoms with Crippen molar-refractivity contribution in [2.24, 2.45) is 5.10 Å². The first-order valence-corrected chi connectivity index (χ1v) is 6.72. The number of carbonyl (C=O) groups is 1. The molecule has 0 saturated heterocycles. The number of amides is 1. The molecule has 0 unspecified atom stereocenters. The largest absolute Gasteiger partial charge is 0.278 e. The summed E-state index contributed by atoms with van der Waals surface area (Å²) in [7, 11) is 0. The summed E-state index contributed by atoms with van der Waals surface area (Å²) in [5.74, 6) is -0.659. The number of rotatable bonds is 5. The summed E-state index contributed by atoms with van der Waals surface area (Å²) in [6.45, 7) is 1.56. The van der Waals surface area contributed by atoms with Crippen molar-refractivity contribution in [2.45, 2.75) is 6.92 Å². The monoisotopic (exact) mass is 328 g/mol. The predicted octanol–water partition coefficient (Wildman–Crippen LogP) is 2.58. The van der Waals surface area contributed by atoms with Crippen molar-refractivity contribution < 1.29 is 14.6 Å². The van der Waals surface area contributed by atoms with Gasteiger partial charge in [-0.05, 0) is 19.1 Å². The first-order valence-electron chi connectivity index (χ1n) is 6.72. The molecule has 2 aromatic carbocycles. The minimum Gasteiger partial charge on any atom is -0.267 e. The molecular weight excluding hydrogens is 316 g/mol. The number of carbonyl (C=O) groups excluding carboxylic acids is 1. The third-order valence-corrected chi connectivity index (χ3v) is 3.17. The Balaban J connectivity index is 2.15. The summed E-state index contributed by atoms with van der Waals surface area (Å²) in [5.41, 5.74) is 2.57. The molecule has 0 bridgehead atoms. The van der Waals surface area contributed by atoms with E-state index in [1.807, 2.05) is 0 Å². The van der Waals surface area contributed by atoms with Gasteiger partial charge in [-0.1, -0.05) is 18.2 Å². The maximum Gasteiger partial charge on any atom is 0.278 e. The van der Waals surface area contributed by atoms with Gasteiger partial charge in [0.2, 0.25) is 0 Å². The van der Waals surface area contributed by atoms with Crippen molar-refractivity contribution in [2.75, 3.05) is 0 Å². The van der Waals surface area contributed by atoms with Crippen LogP contribution in [0.4, 0.5) is 11.4 Å². The zero-order valence-electron chi connectivity index (χ0n) is 12.5. The van der Waals surface area contributed by atoms with Crippen LogP contribution < -0.4 is 5.43 Å². The molecule has 0 aliphatic heterocycles. The molecule has 0 spiro atoms. The fraction of sp³-hybridized carbons (Fsp3) is 0.0667. The predicted molar refractivity (Wildman–Crippen MR) is 86.0 cm³/mol. The highest BCUT2D eigenvalue weighted by molar-refractivity contribution is 5.96. The Labute approximate surface area is 135 Å². The number of nitrogens with one attached hydrogen (secondary N) is 1. The van der Waals surface area contributed by atoms with Crippen LogP contribution in [0.3, 0.4) is 0 Å². The molecular formula is C15H12N4O5. The third-order valence-electron chi connectivity index (χ3n) is 3.17. The normalized spacial score (nSPS) is 10.5. The topological polar surface area (TPSA) is 128 Å². The van der Waals surface area contributed by atoms with Crippen LogP contribution in [0.1, 0.15) is 21.5 Å². The van der Waals surface area contributed by atoms with Crippen molar-refractivity contribution >= 4 is 23.5 Å². The molecule has 2 aromatic rings. The molecule has 0 aliphatic carbocycles. The van der Waals surface area contributed by atoms with Crippen LogP contribution in [0, 0.1) is 27.2 Å². The van der Waals surface area contributed by atoms with Crippen molar-refractivity contribution in [1.82, 2.24) is 5.43 Å². The van der Waals surface area contributed by atoms with Gasteiger partial charge in [-0.3, -0.25) is 25.0 Å². The summed E-state index contributed by atoms with van der Waals surface area (Å²) >= 11 is 0. The minimum atomic E-state index is -0.659. The molecule has 0 radical (unpaired) electrons. The summed E-state index contributed by atoms with van der Waals surface area (Å²) in [5, 5.41) is 25.4. The lowest BCUT2D eigenvalue weighted by Crippen LogP contribution is -2.18. The Hall–Kier alpha value is -3.62. The first-order chi connectivity index (χ1) is 11.4. The molecule has 0 aromatic heterocycles. The van der Waals surface area contributed by atoms with Gasteiger partial charge in [0, 0.05) is 23.3 Å². The lowest BCUT2D eigenvalue weighted by atomic mass is 10.1. The van der Waals surface area contributed by atoms with E-state index in [4.69, 9.17) is 0 Å². The summed E-state index contributed by atoms with van der Waals surface area (Å²) < 4.78 is 0. The van der Waals surface area contributed by atoms with Gasteiger partial charge in [0.1, 0.15) is 0 Å². The molecule has 9 nitrogen and oxygen atoms in total. The minimum absolute atomic E-state index is 0.0620. The number of hydrogen-bond donors (Lipinski definition) is 1. The highest BCUT2D eigenvalue weighted by atomic mass is 16.6. The zero-order chi connectivity index (χ0) is 17.7. The smallest absolute Gasteiger partial charge is 0.267 e. The molecule has 122 valence electrons. The number of para-hydroxylation sites is 1. The standard InChI is InChI=1S/C15H12N4O5/c1-10-6-7-11(8-14(10)19(23)24)15(20)17-16-9-12-4-2-3-5-13(12)18(21)22/h2-9H,1H3,(H,17,20)/b16-9+. The van der Waals surface area contributed by atoms with E-state index in [1.54, 1.807) is 13.0 Å². The molecule has 0 aliphatic rings. The molecule has 24 heavy (non-hydrogen) atoms. The van der Waals surface area contributed by atoms with Gasteiger partial charge in [-0.25, -0.2) is 5.43 Å². The van der Waals surface area contributed by atoms with Crippen LogP contribution in [0.5, 0.6) is 0 Å². The van der Waals surface area contributed by atoms with E-state index in [2.05, 4.69) is 10.5 Å². The van der Waals surface area contributed by atoms with Crippen LogP contribution in [-0.2, 0) is 0 Å². The van der Waals surface area contributed by atoms with E-state index in [9.17, 15) is 25.0 Å². The van der Waals surface area contributed by atoms with Gasteiger partial charge in [0.05, 0.1) is 21.6 Å².